The van der Waals surface area contributed by atoms with Gasteiger partial charge in [0.15, 0.2) is 0 Å². The molecule has 1 aliphatic rings. The van der Waals surface area contributed by atoms with E-state index in [0.717, 1.165) is 12.2 Å². The number of amides is 2. The SMILES string of the molecule is O=C(/C=C/c1cc(C(F)(F)F)cc(C(F)(F)F)c1)NC1CCCNC1=O. The van der Waals surface area contributed by atoms with Crippen molar-refractivity contribution in [2.24, 2.45) is 0 Å². The van der Waals surface area contributed by atoms with E-state index in [-0.39, 0.29) is 6.07 Å². The largest absolute Gasteiger partial charge is 0.416 e. The van der Waals surface area contributed by atoms with Crippen LogP contribution in [0.4, 0.5) is 26.3 Å². The summed E-state index contributed by atoms with van der Waals surface area (Å²) >= 11 is 0. The Kier molecular flexibility index (Phi) is 5.62. The van der Waals surface area contributed by atoms with Gasteiger partial charge in [0.05, 0.1) is 11.1 Å². The Morgan fingerprint density at radius 1 is 1.08 bits per heavy atom. The van der Waals surface area contributed by atoms with Crippen molar-refractivity contribution >= 4 is 17.9 Å². The lowest BCUT2D eigenvalue weighted by molar-refractivity contribution is -0.143. The van der Waals surface area contributed by atoms with E-state index in [4.69, 9.17) is 0 Å². The van der Waals surface area contributed by atoms with Crippen LogP contribution in [0.5, 0.6) is 0 Å². The number of piperidine rings is 1. The first kappa shape index (κ1) is 19.8. The average Bonchev–Trinajstić information content (AvgIpc) is 2.53. The molecule has 1 atom stereocenters. The number of alkyl halides is 6. The van der Waals surface area contributed by atoms with E-state index in [1.807, 2.05) is 0 Å². The highest BCUT2D eigenvalue weighted by molar-refractivity contribution is 5.95. The third-order valence-corrected chi connectivity index (χ3v) is 3.64. The molecule has 0 aliphatic carbocycles. The van der Waals surface area contributed by atoms with Crippen LogP contribution in [0.25, 0.3) is 6.08 Å². The molecule has 2 N–H and O–H groups in total. The molecule has 1 aromatic carbocycles. The van der Waals surface area contributed by atoms with E-state index >= 15 is 0 Å². The van der Waals surface area contributed by atoms with Crippen molar-refractivity contribution in [3.8, 4) is 0 Å². The summed E-state index contributed by atoms with van der Waals surface area (Å²) in [5, 5.41) is 4.88. The second-order valence-electron chi connectivity index (χ2n) is 5.67. The molecule has 1 heterocycles. The van der Waals surface area contributed by atoms with Crippen molar-refractivity contribution in [1.29, 1.82) is 0 Å². The molecule has 4 nitrogen and oxygen atoms in total. The van der Waals surface area contributed by atoms with E-state index in [1.54, 1.807) is 0 Å². The Bertz CT molecular complexity index is 692. The minimum atomic E-state index is -4.97. The lowest BCUT2D eigenvalue weighted by Gasteiger charge is -2.22. The molecule has 26 heavy (non-hydrogen) atoms. The zero-order valence-electron chi connectivity index (χ0n) is 13.2. The molecular formula is C16H14F6N2O2. The highest BCUT2D eigenvalue weighted by atomic mass is 19.4. The van der Waals surface area contributed by atoms with Gasteiger partial charge in [-0.25, -0.2) is 0 Å². The highest BCUT2D eigenvalue weighted by Gasteiger charge is 2.36. The summed E-state index contributed by atoms with van der Waals surface area (Å²) in [6, 6.07) is 0.232. The fourth-order valence-electron chi connectivity index (χ4n) is 2.38. The molecule has 0 radical (unpaired) electrons. The smallest absolute Gasteiger partial charge is 0.354 e. The first-order valence-electron chi connectivity index (χ1n) is 7.52. The number of carbonyl (C=O) groups is 2. The normalized spacial score (nSPS) is 18.7. The van der Waals surface area contributed by atoms with Gasteiger partial charge in [0.2, 0.25) is 11.8 Å². The van der Waals surface area contributed by atoms with Gasteiger partial charge in [0.1, 0.15) is 6.04 Å². The maximum atomic E-state index is 12.8. The lowest BCUT2D eigenvalue weighted by Crippen LogP contribution is -2.49. The van der Waals surface area contributed by atoms with E-state index < -0.39 is 46.9 Å². The van der Waals surface area contributed by atoms with Gasteiger partial charge in [-0.05, 0) is 42.7 Å². The molecule has 0 saturated carbocycles. The summed E-state index contributed by atoms with van der Waals surface area (Å²) in [6.07, 6.45) is -7.27. The van der Waals surface area contributed by atoms with Crippen LogP contribution in [0.2, 0.25) is 0 Å². The topological polar surface area (TPSA) is 58.2 Å². The number of rotatable bonds is 3. The summed E-state index contributed by atoms with van der Waals surface area (Å²) in [7, 11) is 0. The molecule has 0 aromatic heterocycles. The number of carbonyl (C=O) groups excluding carboxylic acids is 2. The van der Waals surface area contributed by atoms with E-state index in [0.29, 0.717) is 31.5 Å². The number of benzene rings is 1. The van der Waals surface area contributed by atoms with Gasteiger partial charge in [-0.15, -0.1) is 0 Å². The minimum absolute atomic E-state index is 0.00375. The van der Waals surface area contributed by atoms with E-state index in [1.165, 1.54) is 0 Å². The number of halogens is 6. The van der Waals surface area contributed by atoms with Crippen LogP contribution in [0.1, 0.15) is 29.5 Å². The van der Waals surface area contributed by atoms with Crippen molar-refractivity contribution < 1.29 is 35.9 Å². The molecule has 10 heteroatoms. The molecular weight excluding hydrogens is 366 g/mol. The van der Waals surface area contributed by atoms with Crippen LogP contribution in [0, 0.1) is 0 Å². The molecule has 1 fully saturated rings. The summed E-state index contributed by atoms with van der Waals surface area (Å²) < 4.78 is 76.6. The van der Waals surface area contributed by atoms with Gasteiger partial charge in [-0.2, -0.15) is 26.3 Å². The summed E-state index contributed by atoms with van der Waals surface area (Å²) in [4.78, 5) is 23.3. The van der Waals surface area contributed by atoms with Crippen LogP contribution in [-0.2, 0) is 21.9 Å². The molecule has 1 aromatic rings. The van der Waals surface area contributed by atoms with Gasteiger partial charge < -0.3 is 10.6 Å². The van der Waals surface area contributed by atoms with Crippen LogP contribution in [0.15, 0.2) is 24.3 Å². The number of hydrogen-bond acceptors (Lipinski definition) is 2. The standard InChI is InChI=1S/C16H14F6N2O2/c17-15(18,19)10-6-9(7-11(8-10)16(20,21)22)3-4-13(25)24-12-2-1-5-23-14(12)26/h3-4,6-8,12H,1-2,5H2,(H,23,26)(H,24,25)/b4-3+. The third kappa shape index (κ3) is 5.24. The fourth-order valence-corrected chi connectivity index (χ4v) is 2.38. The first-order valence-corrected chi connectivity index (χ1v) is 7.52. The molecule has 1 aliphatic heterocycles. The first-order chi connectivity index (χ1) is 12.0. The maximum Gasteiger partial charge on any atom is 0.416 e. The van der Waals surface area contributed by atoms with Crippen molar-refractivity contribution in [2.75, 3.05) is 6.54 Å². The molecule has 0 spiro atoms. The quantitative estimate of drug-likeness (QED) is 0.625. The van der Waals surface area contributed by atoms with Gasteiger partial charge in [-0.1, -0.05) is 0 Å². The van der Waals surface area contributed by atoms with Crippen molar-refractivity contribution in [1.82, 2.24) is 10.6 Å². The van der Waals surface area contributed by atoms with Gasteiger partial charge in [0.25, 0.3) is 0 Å². The average molecular weight is 380 g/mol. The van der Waals surface area contributed by atoms with Crippen LogP contribution in [0.3, 0.4) is 0 Å². The Hall–Kier alpha value is -2.52. The molecule has 2 amide bonds. The summed E-state index contributed by atoms with van der Waals surface area (Å²) in [6.45, 7) is 0.478. The fraction of sp³-hybridized carbons (Fsp3) is 0.375. The molecule has 142 valence electrons. The molecule has 2 rings (SSSR count). The summed E-state index contributed by atoms with van der Waals surface area (Å²) in [5.74, 6) is -1.19. The van der Waals surface area contributed by atoms with Crippen molar-refractivity contribution in [3.05, 3.63) is 41.0 Å². The predicted molar refractivity (Wildman–Crippen MR) is 79.7 cm³/mol. The Labute approximate surface area is 144 Å². The van der Waals surface area contributed by atoms with Gasteiger partial charge in [0, 0.05) is 12.6 Å². The number of nitrogens with one attached hydrogen (secondary N) is 2. The number of hydrogen-bond donors (Lipinski definition) is 2. The van der Waals surface area contributed by atoms with Crippen LogP contribution < -0.4 is 10.6 Å². The zero-order valence-corrected chi connectivity index (χ0v) is 13.2. The highest BCUT2D eigenvalue weighted by Crippen LogP contribution is 2.36. The Morgan fingerprint density at radius 3 is 2.15 bits per heavy atom. The lowest BCUT2D eigenvalue weighted by atomic mass is 10.0. The second-order valence-corrected chi connectivity index (χ2v) is 5.67. The molecule has 0 bridgehead atoms. The predicted octanol–water partition coefficient (Wildman–Crippen LogP) is 3.13. The van der Waals surface area contributed by atoms with Crippen molar-refractivity contribution in [3.63, 3.8) is 0 Å². The third-order valence-electron chi connectivity index (χ3n) is 3.64. The molecule has 1 saturated heterocycles. The van der Waals surface area contributed by atoms with E-state index in [2.05, 4.69) is 10.6 Å². The van der Waals surface area contributed by atoms with Crippen LogP contribution in [-0.4, -0.2) is 24.4 Å². The summed E-state index contributed by atoms with van der Waals surface area (Å²) in [5.41, 5.74) is -3.38. The van der Waals surface area contributed by atoms with E-state index in [9.17, 15) is 35.9 Å². The van der Waals surface area contributed by atoms with Gasteiger partial charge in [-0.3, -0.25) is 9.59 Å². The monoisotopic (exact) mass is 380 g/mol. The van der Waals surface area contributed by atoms with Crippen molar-refractivity contribution in [2.45, 2.75) is 31.2 Å². The minimum Gasteiger partial charge on any atom is -0.354 e. The van der Waals surface area contributed by atoms with Gasteiger partial charge >= 0.3 is 12.4 Å². The second kappa shape index (κ2) is 7.38. The zero-order chi connectivity index (χ0) is 19.5. The van der Waals surface area contributed by atoms with Crippen LogP contribution >= 0.6 is 0 Å². The Balaban J connectivity index is 2.20. The maximum absolute atomic E-state index is 12.8. The Morgan fingerprint density at radius 2 is 1.65 bits per heavy atom. The molecule has 1 unspecified atom stereocenters.